The molecule has 0 saturated heterocycles. The molecule has 1 amide bonds. The lowest BCUT2D eigenvalue weighted by Crippen LogP contribution is -2.41. The van der Waals surface area contributed by atoms with E-state index in [-0.39, 0.29) is 11.9 Å². The lowest BCUT2D eigenvalue weighted by Gasteiger charge is -2.19. The van der Waals surface area contributed by atoms with Gasteiger partial charge < -0.3 is 20.5 Å². The third-order valence-corrected chi connectivity index (χ3v) is 4.01. The fraction of sp³-hybridized carbons (Fsp3) is 0.500. The molecule has 0 aromatic heterocycles. The van der Waals surface area contributed by atoms with Gasteiger partial charge in [-0.05, 0) is 36.9 Å². The number of carbonyl (C=O) groups is 1. The first-order chi connectivity index (χ1) is 9.70. The Kier molecular flexibility index (Phi) is 5.55. The van der Waals surface area contributed by atoms with Crippen molar-refractivity contribution in [1.29, 1.82) is 0 Å². The molecule has 1 aliphatic rings. The van der Waals surface area contributed by atoms with E-state index >= 15 is 0 Å². The first-order valence-corrected chi connectivity index (χ1v) is 7.74. The highest BCUT2D eigenvalue weighted by Crippen LogP contribution is 2.34. The molecule has 3 N–H and O–H groups in total. The summed E-state index contributed by atoms with van der Waals surface area (Å²) in [7, 11) is 0. The summed E-state index contributed by atoms with van der Waals surface area (Å²) < 4.78 is 11.0. The van der Waals surface area contributed by atoms with Crippen LogP contribution in [0, 0.1) is 0 Å². The van der Waals surface area contributed by atoms with E-state index in [0.29, 0.717) is 19.6 Å². The maximum absolute atomic E-state index is 11.2. The molecule has 110 valence electrons. The van der Waals surface area contributed by atoms with Gasteiger partial charge in [0.05, 0.1) is 6.04 Å². The van der Waals surface area contributed by atoms with Crippen LogP contribution in [0.4, 0.5) is 0 Å². The summed E-state index contributed by atoms with van der Waals surface area (Å²) >= 11 is 1.68. The highest BCUT2D eigenvalue weighted by Gasteiger charge is 2.14. The van der Waals surface area contributed by atoms with Gasteiger partial charge in [-0.2, -0.15) is 0 Å². The number of benzene rings is 1. The first-order valence-electron chi connectivity index (χ1n) is 6.76. The Morgan fingerprint density at radius 1 is 1.40 bits per heavy atom. The van der Waals surface area contributed by atoms with Crippen LogP contribution in [0.1, 0.15) is 13.3 Å². The SMILES string of the molecule is CCNC(CCSc1ccc2c(c1)OCCO2)C(N)=O. The molecule has 1 aliphatic heterocycles. The zero-order chi connectivity index (χ0) is 14.4. The Morgan fingerprint density at radius 2 is 2.15 bits per heavy atom. The van der Waals surface area contributed by atoms with Gasteiger partial charge in [0.2, 0.25) is 5.91 Å². The summed E-state index contributed by atoms with van der Waals surface area (Å²) in [6.07, 6.45) is 0.711. The second-order valence-electron chi connectivity index (χ2n) is 4.46. The number of fused-ring (bicyclic) bond motifs is 1. The highest BCUT2D eigenvalue weighted by atomic mass is 32.2. The van der Waals surface area contributed by atoms with Crippen LogP contribution in [-0.4, -0.2) is 37.5 Å². The number of carbonyl (C=O) groups excluding carboxylic acids is 1. The second kappa shape index (κ2) is 7.40. The van der Waals surface area contributed by atoms with E-state index in [1.54, 1.807) is 11.8 Å². The molecule has 1 aromatic rings. The number of nitrogens with two attached hydrogens (primary N) is 1. The van der Waals surface area contributed by atoms with Crippen molar-refractivity contribution in [1.82, 2.24) is 5.32 Å². The number of hydrogen-bond donors (Lipinski definition) is 2. The Balaban J connectivity index is 1.86. The summed E-state index contributed by atoms with van der Waals surface area (Å²) in [6, 6.07) is 5.65. The topological polar surface area (TPSA) is 73.6 Å². The minimum absolute atomic E-state index is 0.260. The van der Waals surface area contributed by atoms with Crippen molar-refractivity contribution < 1.29 is 14.3 Å². The van der Waals surface area contributed by atoms with Crippen LogP contribution in [0.25, 0.3) is 0 Å². The van der Waals surface area contributed by atoms with Crippen molar-refractivity contribution in [2.45, 2.75) is 24.3 Å². The largest absolute Gasteiger partial charge is 0.486 e. The Hall–Kier alpha value is -1.40. The maximum Gasteiger partial charge on any atom is 0.234 e. The van der Waals surface area contributed by atoms with Crippen LogP contribution in [0.2, 0.25) is 0 Å². The van der Waals surface area contributed by atoms with Gasteiger partial charge >= 0.3 is 0 Å². The van der Waals surface area contributed by atoms with E-state index in [2.05, 4.69) is 5.32 Å². The first kappa shape index (κ1) is 15.0. The quantitative estimate of drug-likeness (QED) is 0.744. The normalized spacial score (nSPS) is 14.8. The van der Waals surface area contributed by atoms with Gasteiger partial charge in [0.15, 0.2) is 11.5 Å². The Bertz CT molecular complexity index is 468. The standard InChI is InChI=1S/C14H20N2O3S/c1-2-16-11(14(15)17)5-8-20-10-3-4-12-13(9-10)19-7-6-18-12/h3-4,9,11,16H,2,5-8H2,1H3,(H2,15,17). The van der Waals surface area contributed by atoms with Crippen molar-refractivity contribution >= 4 is 17.7 Å². The zero-order valence-electron chi connectivity index (χ0n) is 11.6. The number of amides is 1. The molecule has 20 heavy (non-hydrogen) atoms. The van der Waals surface area contributed by atoms with E-state index in [4.69, 9.17) is 15.2 Å². The fourth-order valence-corrected chi connectivity index (χ4v) is 2.94. The second-order valence-corrected chi connectivity index (χ2v) is 5.62. The van der Waals surface area contributed by atoms with E-state index in [1.807, 2.05) is 25.1 Å². The van der Waals surface area contributed by atoms with Crippen LogP contribution in [0.5, 0.6) is 11.5 Å². The molecule has 0 aliphatic carbocycles. The molecular weight excluding hydrogens is 276 g/mol. The van der Waals surface area contributed by atoms with Crippen molar-refractivity contribution in [3.8, 4) is 11.5 Å². The molecular formula is C14H20N2O3S. The molecule has 1 unspecified atom stereocenters. The van der Waals surface area contributed by atoms with E-state index in [0.717, 1.165) is 28.7 Å². The number of primary amides is 1. The fourth-order valence-electron chi connectivity index (χ4n) is 2.00. The molecule has 1 atom stereocenters. The molecule has 6 heteroatoms. The number of likely N-dealkylation sites (N-methyl/N-ethyl adjacent to an activating group) is 1. The molecule has 0 saturated carbocycles. The molecule has 2 rings (SSSR count). The Labute approximate surface area is 123 Å². The molecule has 0 spiro atoms. The van der Waals surface area contributed by atoms with Crippen LogP contribution in [0.3, 0.4) is 0 Å². The van der Waals surface area contributed by atoms with E-state index in [9.17, 15) is 4.79 Å². The summed E-state index contributed by atoms with van der Waals surface area (Å²) in [5, 5.41) is 3.09. The number of rotatable bonds is 7. The minimum atomic E-state index is -0.297. The molecule has 0 bridgehead atoms. The molecule has 0 fully saturated rings. The van der Waals surface area contributed by atoms with Crippen LogP contribution < -0.4 is 20.5 Å². The average molecular weight is 296 g/mol. The summed E-state index contributed by atoms with van der Waals surface area (Å²) in [6.45, 7) is 3.89. The van der Waals surface area contributed by atoms with Crippen molar-refractivity contribution in [3.05, 3.63) is 18.2 Å². The lowest BCUT2D eigenvalue weighted by molar-refractivity contribution is -0.120. The summed E-state index contributed by atoms with van der Waals surface area (Å²) in [5.41, 5.74) is 5.35. The van der Waals surface area contributed by atoms with E-state index in [1.165, 1.54) is 0 Å². The molecule has 0 radical (unpaired) electrons. The smallest absolute Gasteiger partial charge is 0.234 e. The van der Waals surface area contributed by atoms with Crippen LogP contribution in [0.15, 0.2) is 23.1 Å². The van der Waals surface area contributed by atoms with Crippen LogP contribution in [-0.2, 0) is 4.79 Å². The monoisotopic (exact) mass is 296 g/mol. The van der Waals surface area contributed by atoms with Gasteiger partial charge in [-0.15, -0.1) is 11.8 Å². The zero-order valence-corrected chi connectivity index (χ0v) is 12.4. The van der Waals surface area contributed by atoms with E-state index < -0.39 is 0 Å². The maximum atomic E-state index is 11.2. The minimum Gasteiger partial charge on any atom is -0.486 e. The van der Waals surface area contributed by atoms with Gasteiger partial charge in [0, 0.05) is 4.90 Å². The predicted octanol–water partition coefficient (Wildman–Crippen LogP) is 1.40. The Morgan fingerprint density at radius 3 is 2.85 bits per heavy atom. The van der Waals surface area contributed by atoms with Crippen molar-refractivity contribution in [2.75, 3.05) is 25.5 Å². The predicted molar refractivity (Wildman–Crippen MR) is 79.4 cm³/mol. The van der Waals surface area contributed by atoms with Gasteiger partial charge in [-0.1, -0.05) is 6.92 Å². The summed E-state index contributed by atoms with van der Waals surface area (Å²) in [4.78, 5) is 12.3. The average Bonchev–Trinajstić information content (AvgIpc) is 2.46. The van der Waals surface area contributed by atoms with Gasteiger partial charge in [0.25, 0.3) is 0 Å². The van der Waals surface area contributed by atoms with Gasteiger partial charge in [-0.3, -0.25) is 4.79 Å². The molecule has 1 aromatic carbocycles. The van der Waals surface area contributed by atoms with Crippen molar-refractivity contribution in [3.63, 3.8) is 0 Å². The number of ether oxygens (including phenoxy) is 2. The van der Waals surface area contributed by atoms with Gasteiger partial charge in [-0.25, -0.2) is 0 Å². The number of nitrogens with one attached hydrogen (secondary N) is 1. The molecule has 1 heterocycles. The third kappa shape index (κ3) is 4.05. The number of hydrogen-bond acceptors (Lipinski definition) is 5. The highest BCUT2D eigenvalue weighted by molar-refractivity contribution is 7.99. The third-order valence-electron chi connectivity index (χ3n) is 2.98. The van der Waals surface area contributed by atoms with Gasteiger partial charge in [0.1, 0.15) is 13.2 Å². The molecule has 5 nitrogen and oxygen atoms in total. The number of thioether (sulfide) groups is 1. The van der Waals surface area contributed by atoms with Crippen LogP contribution >= 0.6 is 11.8 Å². The summed E-state index contributed by atoms with van der Waals surface area (Å²) in [5.74, 6) is 2.11. The van der Waals surface area contributed by atoms with Crippen molar-refractivity contribution in [2.24, 2.45) is 5.73 Å². The lowest BCUT2D eigenvalue weighted by atomic mass is 10.2.